The summed E-state index contributed by atoms with van der Waals surface area (Å²) in [7, 11) is 3.55. The van der Waals surface area contributed by atoms with Crippen molar-refractivity contribution in [3.63, 3.8) is 0 Å². The van der Waals surface area contributed by atoms with E-state index in [9.17, 15) is 4.79 Å². The van der Waals surface area contributed by atoms with Crippen LogP contribution in [0.25, 0.3) is 0 Å². The van der Waals surface area contributed by atoms with Crippen molar-refractivity contribution in [2.75, 3.05) is 40.4 Å². The van der Waals surface area contributed by atoms with Crippen LogP contribution in [0.1, 0.15) is 18.4 Å². The van der Waals surface area contributed by atoms with E-state index in [-0.39, 0.29) is 19.0 Å². The summed E-state index contributed by atoms with van der Waals surface area (Å²) in [6.07, 6.45) is 2.40. The first-order valence-electron chi connectivity index (χ1n) is 8.18. The largest absolute Gasteiger partial charge is 0.493 e. The number of ether oxygens (including phenoxy) is 2. The zero-order valence-electron chi connectivity index (χ0n) is 14.7. The van der Waals surface area contributed by atoms with Gasteiger partial charge >= 0.3 is 0 Å². The number of carbonyl (C=O) groups is 1. The number of nitrogens with zero attached hydrogens (tertiary/aromatic N) is 1. The molecule has 1 aromatic rings. The van der Waals surface area contributed by atoms with Crippen molar-refractivity contribution in [3.05, 3.63) is 22.7 Å². The number of carbonyl (C=O) groups excluding carboxylic acids is 1. The van der Waals surface area contributed by atoms with Crippen LogP contribution in [0.5, 0.6) is 11.5 Å². The van der Waals surface area contributed by atoms with Crippen LogP contribution >= 0.6 is 24.0 Å². The molecule has 0 radical (unpaired) electrons. The van der Waals surface area contributed by atoms with Gasteiger partial charge in [-0.3, -0.25) is 9.69 Å². The van der Waals surface area contributed by atoms with E-state index in [1.165, 1.54) is 12.8 Å². The molecule has 8 heteroatoms. The van der Waals surface area contributed by atoms with E-state index in [1.54, 1.807) is 7.11 Å². The zero-order valence-corrected chi connectivity index (χ0v) is 16.3. The Hall–Kier alpha value is -1.21. The number of nitrogens with one attached hydrogen (secondary N) is 1. The maximum atomic E-state index is 10.9. The number of benzene rings is 1. The third-order valence-electron chi connectivity index (χ3n) is 4.25. The van der Waals surface area contributed by atoms with E-state index in [2.05, 4.69) is 10.2 Å². The minimum Gasteiger partial charge on any atom is -0.493 e. The number of hydrogen-bond acceptors (Lipinski definition) is 5. The standard InChI is InChI=1S/C17H26ClN3O3.ClH/c1-20-9-12-3-5-21(6-4-12)10-13-7-14(18)17(15(8-13)23-2)24-11-16(19)22;/h7-8,12,20H,3-6,9-11H2,1-2H3,(H2,19,22);1H. The van der Waals surface area contributed by atoms with Crippen molar-refractivity contribution >= 4 is 29.9 Å². The molecular formula is C17H27Cl2N3O3. The van der Waals surface area contributed by atoms with Gasteiger partial charge < -0.3 is 20.5 Å². The second kappa shape index (κ2) is 10.7. The Kier molecular flexibility index (Phi) is 9.35. The van der Waals surface area contributed by atoms with Crippen LogP contribution in [0, 0.1) is 5.92 Å². The number of amides is 1. The van der Waals surface area contributed by atoms with Crippen molar-refractivity contribution in [1.29, 1.82) is 0 Å². The van der Waals surface area contributed by atoms with Crippen LogP contribution in [0.4, 0.5) is 0 Å². The molecule has 1 aromatic carbocycles. The lowest BCUT2D eigenvalue weighted by molar-refractivity contribution is -0.119. The maximum Gasteiger partial charge on any atom is 0.255 e. The van der Waals surface area contributed by atoms with Gasteiger partial charge in [-0.25, -0.2) is 0 Å². The van der Waals surface area contributed by atoms with E-state index in [4.69, 9.17) is 26.8 Å². The Bertz CT molecular complexity index is 564. The smallest absolute Gasteiger partial charge is 0.255 e. The summed E-state index contributed by atoms with van der Waals surface area (Å²) >= 11 is 6.29. The van der Waals surface area contributed by atoms with Crippen LogP contribution in [-0.2, 0) is 11.3 Å². The van der Waals surface area contributed by atoms with Gasteiger partial charge in [0.15, 0.2) is 18.1 Å². The average Bonchev–Trinajstić information content (AvgIpc) is 2.55. The molecule has 6 nitrogen and oxygen atoms in total. The Labute approximate surface area is 160 Å². The Morgan fingerprint density at radius 1 is 1.40 bits per heavy atom. The number of rotatable bonds is 8. The first-order valence-corrected chi connectivity index (χ1v) is 8.55. The van der Waals surface area contributed by atoms with Gasteiger partial charge in [-0.05, 0) is 63.1 Å². The molecule has 1 aliphatic heterocycles. The molecule has 1 heterocycles. The summed E-state index contributed by atoms with van der Waals surface area (Å²) in [5, 5.41) is 3.68. The predicted octanol–water partition coefficient (Wildman–Crippen LogP) is 2.07. The molecular weight excluding hydrogens is 365 g/mol. The summed E-state index contributed by atoms with van der Waals surface area (Å²) < 4.78 is 10.7. The quantitative estimate of drug-likeness (QED) is 0.708. The second-order valence-corrected chi connectivity index (χ2v) is 6.55. The maximum absolute atomic E-state index is 10.9. The molecule has 0 bridgehead atoms. The van der Waals surface area contributed by atoms with E-state index in [0.717, 1.165) is 37.7 Å². The lowest BCUT2D eigenvalue weighted by Gasteiger charge is -2.32. The summed E-state index contributed by atoms with van der Waals surface area (Å²) in [4.78, 5) is 13.3. The van der Waals surface area contributed by atoms with Crippen molar-refractivity contribution in [1.82, 2.24) is 10.2 Å². The summed E-state index contributed by atoms with van der Waals surface area (Å²) in [6, 6.07) is 3.77. The molecule has 25 heavy (non-hydrogen) atoms. The van der Waals surface area contributed by atoms with Gasteiger partial charge in [0.05, 0.1) is 12.1 Å². The number of methoxy groups -OCH3 is 1. The molecule has 1 aliphatic rings. The summed E-state index contributed by atoms with van der Waals surface area (Å²) in [5.41, 5.74) is 6.17. The van der Waals surface area contributed by atoms with Crippen molar-refractivity contribution in [3.8, 4) is 11.5 Å². The highest BCUT2D eigenvalue weighted by molar-refractivity contribution is 6.32. The Balaban J connectivity index is 0.00000312. The SMILES string of the molecule is CNCC1CCN(Cc2cc(Cl)c(OCC(N)=O)c(OC)c2)CC1.Cl. The third kappa shape index (κ3) is 6.55. The van der Waals surface area contributed by atoms with E-state index < -0.39 is 5.91 Å². The fourth-order valence-electron chi connectivity index (χ4n) is 3.04. The molecule has 0 saturated carbocycles. The van der Waals surface area contributed by atoms with E-state index in [0.29, 0.717) is 16.5 Å². The molecule has 1 amide bonds. The van der Waals surface area contributed by atoms with Crippen molar-refractivity contribution in [2.45, 2.75) is 19.4 Å². The Morgan fingerprint density at radius 2 is 2.08 bits per heavy atom. The number of piperidine rings is 1. The van der Waals surface area contributed by atoms with E-state index >= 15 is 0 Å². The third-order valence-corrected chi connectivity index (χ3v) is 4.53. The van der Waals surface area contributed by atoms with Crippen molar-refractivity contribution < 1.29 is 14.3 Å². The monoisotopic (exact) mass is 391 g/mol. The first-order chi connectivity index (χ1) is 11.5. The van der Waals surface area contributed by atoms with Crippen LogP contribution < -0.4 is 20.5 Å². The van der Waals surface area contributed by atoms with Gasteiger partial charge in [-0.1, -0.05) is 11.6 Å². The van der Waals surface area contributed by atoms with Gasteiger partial charge in [-0.15, -0.1) is 12.4 Å². The molecule has 0 spiro atoms. The first kappa shape index (κ1) is 21.8. The topological polar surface area (TPSA) is 76.8 Å². The fraction of sp³-hybridized carbons (Fsp3) is 0.588. The summed E-state index contributed by atoms with van der Waals surface area (Å²) in [5.74, 6) is 1.08. The van der Waals surface area contributed by atoms with Gasteiger partial charge in [0.2, 0.25) is 0 Å². The average molecular weight is 392 g/mol. The molecule has 3 N–H and O–H groups in total. The summed E-state index contributed by atoms with van der Waals surface area (Å²) in [6.45, 7) is 3.82. The fourth-order valence-corrected chi connectivity index (χ4v) is 3.33. The number of likely N-dealkylation sites (tertiary alicyclic amines) is 1. The number of nitrogens with two attached hydrogens (primary N) is 1. The second-order valence-electron chi connectivity index (χ2n) is 6.14. The highest BCUT2D eigenvalue weighted by atomic mass is 35.5. The van der Waals surface area contributed by atoms with Gasteiger partial charge in [0.1, 0.15) is 0 Å². The zero-order chi connectivity index (χ0) is 17.5. The van der Waals surface area contributed by atoms with Crippen LogP contribution in [-0.4, -0.2) is 51.2 Å². The molecule has 0 aliphatic carbocycles. The molecule has 0 unspecified atom stereocenters. The highest BCUT2D eigenvalue weighted by Gasteiger charge is 2.20. The lowest BCUT2D eigenvalue weighted by atomic mass is 9.96. The molecule has 0 aromatic heterocycles. The van der Waals surface area contributed by atoms with Crippen LogP contribution in [0.15, 0.2) is 12.1 Å². The molecule has 1 saturated heterocycles. The van der Waals surface area contributed by atoms with Crippen molar-refractivity contribution in [2.24, 2.45) is 11.7 Å². The lowest BCUT2D eigenvalue weighted by Crippen LogP contribution is -2.36. The van der Waals surface area contributed by atoms with E-state index in [1.807, 2.05) is 19.2 Å². The number of halogens is 2. The molecule has 2 rings (SSSR count). The Morgan fingerprint density at radius 3 is 2.64 bits per heavy atom. The van der Waals surface area contributed by atoms with Gasteiger partial charge in [-0.2, -0.15) is 0 Å². The minimum atomic E-state index is -0.554. The molecule has 0 atom stereocenters. The van der Waals surface area contributed by atoms with Crippen LogP contribution in [0.2, 0.25) is 5.02 Å². The normalized spacial score (nSPS) is 15.5. The minimum absolute atomic E-state index is 0. The van der Waals surface area contributed by atoms with Gasteiger partial charge in [0.25, 0.3) is 5.91 Å². The van der Waals surface area contributed by atoms with Crippen LogP contribution in [0.3, 0.4) is 0 Å². The molecule has 1 fully saturated rings. The number of hydrogen-bond donors (Lipinski definition) is 2. The molecule has 142 valence electrons. The van der Waals surface area contributed by atoms with Gasteiger partial charge in [0, 0.05) is 6.54 Å². The highest BCUT2D eigenvalue weighted by Crippen LogP contribution is 2.37. The number of primary amides is 1. The predicted molar refractivity (Wildman–Crippen MR) is 102 cm³/mol.